The third-order valence-corrected chi connectivity index (χ3v) is 6.54. The number of ketones is 1. The van der Waals surface area contributed by atoms with E-state index in [2.05, 4.69) is 0 Å². The highest BCUT2D eigenvalue weighted by atomic mass is 35.5. The molecule has 0 saturated carbocycles. The van der Waals surface area contributed by atoms with Crippen LogP contribution in [0.4, 0.5) is 0 Å². The van der Waals surface area contributed by atoms with Crippen molar-refractivity contribution in [1.82, 2.24) is 4.90 Å². The van der Waals surface area contributed by atoms with Crippen molar-refractivity contribution in [1.29, 1.82) is 0 Å². The Kier molecular flexibility index (Phi) is 6.82. The summed E-state index contributed by atoms with van der Waals surface area (Å²) in [4.78, 5) is 27.2. The zero-order chi connectivity index (χ0) is 22.7. The number of hydrogen-bond acceptors (Lipinski definition) is 5. The largest absolute Gasteiger partial charge is 0.497 e. The maximum Gasteiger partial charge on any atom is 0.222 e. The Bertz CT molecular complexity index is 1020. The van der Waals surface area contributed by atoms with Crippen LogP contribution in [-0.2, 0) is 4.79 Å². The molecule has 1 amide bonds. The second kappa shape index (κ2) is 9.59. The van der Waals surface area contributed by atoms with Crippen LogP contribution in [0.15, 0.2) is 36.4 Å². The topological polar surface area (TPSA) is 65.1 Å². The van der Waals surface area contributed by atoms with Crippen molar-refractivity contribution in [3.63, 3.8) is 0 Å². The van der Waals surface area contributed by atoms with Crippen LogP contribution in [0.3, 0.4) is 0 Å². The molecule has 1 fully saturated rings. The molecule has 6 nitrogen and oxygen atoms in total. The highest BCUT2D eigenvalue weighted by Gasteiger charge is 2.43. The van der Waals surface area contributed by atoms with Gasteiger partial charge >= 0.3 is 0 Å². The van der Waals surface area contributed by atoms with Gasteiger partial charge in [0, 0.05) is 37.4 Å². The summed E-state index contributed by atoms with van der Waals surface area (Å²) in [5, 5.41) is 0.999. The average Bonchev–Trinajstić information content (AvgIpc) is 2.78. The maximum atomic E-state index is 12.7. The van der Waals surface area contributed by atoms with E-state index in [1.54, 1.807) is 43.5 Å². The predicted octanol–water partition coefficient (Wildman–Crippen LogP) is 5.19. The van der Waals surface area contributed by atoms with Gasteiger partial charge in [0.05, 0.1) is 30.7 Å². The van der Waals surface area contributed by atoms with Gasteiger partial charge in [0.1, 0.15) is 22.8 Å². The summed E-state index contributed by atoms with van der Waals surface area (Å²) < 4.78 is 17.1. The summed E-state index contributed by atoms with van der Waals surface area (Å²) in [5.41, 5.74) is 0.0263. The van der Waals surface area contributed by atoms with Crippen molar-refractivity contribution in [2.24, 2.45) is 0 Å². The molecule has 0 N–H and O–H groups in total. The first-order chi connectivity index (χ1) is 15.4. The second-order valence-electron chi connectivity index (χ2n) is 8.15. The normalized spacial score (nSPS) is 17.0. The highest BCUT2D eigenvalue weighted by molar-refractivity contribution is 6.35. The Morgan fingerprint density at radius 1 is 1.16 bits per heavy atom. The van der Waals surface area contributed by atoms with E-state index >= 15 is 0 Å². The molecule has 0 atom stereocenters. The molecule has 2 heterocycles. The number of rotatable bonds is 6. The smallest absolute Gasteiger partial charge is 0.222 e. The Labute approximate surface area is 197 Å². The van der Waals surface area contributed by atoms with Crippen LogP contribution < -0.4 is 14.2 Å². The van der Waals surface area contributed by atoms with Crippen molar-refractivity contribution in [3.8, 4) is 17.2 Å². The quantitative estimate of drug-likeness (QED) is 0.535. The number of fused-ring (bicyclic) bond motifs is 1. The molecule has 8 heteroatoms. The third kappa shape index (κ3) is 4.97. The molecule has 0 radical (unpaired) electrons. The van der Waals surface area contributed by atoms with Crippen molar-refractivity contribution in [2.75, 3.05) is 26.8 Å². The lowest BCUT2D eigenvalue weighted by atomic mass is 9.82. The lowest BCUT2D eigenvalue weighted by Gasteiger charge is -2.44. The summed E-state index contributed by atoms with van der Waals surface area (Å²) in [5.74, 6) is 1.93. The van der Waals surface area contributed by atoms with E-state index in [0.717, 1.165) is 0 Å². The number of Topliss-reactive ketones (excluding diaryl/α,β-unsaturated/α-hetero) is 1. The molecule has 32 heavy (non-hydrogen) atoms. The molecule has 2 aromatic carbocycles. The minimum absolute atomic E-state index is 0.0583. The molecule has 1 saturated heterocycles. The van der Waals surface area contributed by atoms with Gasteiger partial charge in [-0.1, -0.05) is 23.2 Å². The Morgan fingerprint density at radius 2 is 1.94 bits per heavy atom. The van der Waals surface area contributed by atoms with E-state index in [1.165, 1.54) is 0 Å². The Hall–Kier alpha value is -2.44. The second-order valence-corrected chi connectivity index (χ2v) is 9.00. The van der Waals surface area contributed by atoms with Gasteiger partial charge in [0.15, 0.2) is 5.78 Å². The monoisotopic (exact) mass is 477 g/mol. The molecular weight excluding hydrogens is 453 g/mol. The molecule has 0 aromatic heterocycles. The van der Waals surface area contributed by atoms with Crippen LogP contribution in [0, 0.1) is 0 Å². The maximum absolute atomic E-state index is 12.7. The van der Waals surface area contributed by atoms with E-state index < -0.39 is 5.60 Å². The highest BCUT2D eigenvalue weighted by Crippen LogP contribution is 2.40. The van der Waals surface area contributed by atoms with E-state index in [-0.39, 0.29) is 11.7 Å². The summed E-state index contributed by atoms with van der Waals surface area (Å²) in [6.07, 6.45) is 2.56. The van der Waals surface area contributed by atoms with Gasteiger partial charge in [0.2, 0.25) is 5.91 Å². The molecule has 2 aliphatic rings. The lowest BCUT2D eigenvalue weighted by Crippen LogP contribution is -2.52. The van der Waals surface area contributed by atoms with Gasteiger partial charge in [-0.15, -0.1) is 0 Å². The molecular formula is C24H25Cl2NO5. The van der Waals surface area contributed by atoms with E-state index in [9.17, 15) is 9.59 Å². The number of methoxy groups -OCH3 is 1. The number of carbonyl (C=O) groups excluding carboxylic acids is 2. The number of amides is 1. The van der Waals surface area contributed by atoms with Gasteiger partial charge in [-0.3, -0.25) is 9.59 Å². The van der Waals surface area contributed by atoms with Crippen LogP contribution in [0.2, 0.25) is 10.0 Å². The molecule has 0 aliphatic carbocycles. The van der Waals surface area contributed by atoms with Crippen molar-refractivity contribution in [3.05, 3.63) is 52.0 Å². The average molecular weight is 478 g/mol. The van der Waals surface area contributed by atoms with Crippen molar-refractivity contribution < 1.29 is 23.8 Å². The van der Waals surface area contributed by atoms with Gasteiger partial charge < -0.3 is 19.1 Å². The fourth-order valence-corrected chi connectivity index (χ4v) is 4.66. The number of carbonyl (C=O) groups is 2. The van der Waals surface area contributed by atoms with Crippen LogP contribution in [0.25, 0.3) is 0 Å². The van der Waals surface area contributed by atoms with E-state index in [0.29, 0.717) is 84.7 Å². The molecule has 170 valence electrons. The third-order valence-electron chi connectivity index (χ3n) is 6.01. The molecule has 4 rings (SSSR count). The van der Waals surface area contributed by atoms with Crippen LogP contribution >= 0.6 is 23.2 Å². The zero-order valence-corrected chi connectivity index (χ0v) is 19.4. The van der Waals surface area contributed by atoms with Gasteiger partial charge in [-0.25, -0.2) is 0 Å². The molecule has 0 bridgehead atoms. The lowest BCUT2D eigenvalue weighted by molar-refractivity contribution is -0.135. The van der Waals surface area contributed by atoms with Gasteiger partial charge in [-0.05, 0) is 42.8 Å². The predicted molar refractivity (Wildman–Crippen MR) is 122 cm³/mol. The summed E-state index contributed by atoms with van der Waals surface area (Å²) in [7, 11) is 1.57. The molecule has 1 spiro atoms. The van der Waals surface area contributed by atoms with Crippen molar-refractivity contribution in [2.45, 2.75) is 37.7 Å². The number of benzene rings is 2. The van der Waals surface area contributed by atoms with Gasteiger partial charge in [0.25, 0.3) is 0 Å². The Balaban J connectivity index is 1.26. The number of piperidine rings is 1. The van der Waals surface area contributed by atoms with Crippen LogP contribution in [-0.4, -0.2) is 49.0 Å². The fourth-order valence-electron chi connectivity index (χ4n) is 4.20. The number of likely N-dealkylation sites (tertiary alicyclic amines) is 1. The minimum atomic E-state index is -0.538. The number of halogens is 2. The zero-order valence-electron chi connectivity index (χ0n) is 17.9. The minimum Gasteiger partial charge on any atom is -0.497 e. The standard InChI is InChI=1S/C24H25Cl2NO5/c1-30-17-5-7-21-18(14-17)20(28)15-24(32-21)8-10-27(11-9-24)23(29)3-2-12-31-22-6-4-16(25)13-19(22)26/h4-7,13-14H,2-3,8-12,15H2,1H3. The fraction of sp³-hybridized carbons (Fsp3) is 0.417. The first-order valence-electron chi connectivity index (χ1n) is 10.6. The van der Waals surface area contributed by atoms with Crippen molar-refractivity contribution >= 4 is 34.9 Å². The number of hydrogen-bond donors (Lipinski definition) is 0. The number of nitrogens with zero attached hydrogens (tertiary/aromatic N) is 1. The number of ether oxygens (including phenoxy) is 3. The summed E-state index contributed by atoms with van der Waals surface area (Å²) >= 11 is 12.0. The van der Waals surface area contributed by atoms with E-state index in [1.807, 2.05) is 4.90 Å². The SMILES string of the molecule is COc1ccc2c(c1)C(=O)CC1(CCN(C(=O)CCCOc3ccc(Cl)cc3Cl)CC1)O2. The van der Waals surface area contributed by atoms with Crippen LogP contribution in [0.1, 0.15) is 42.5 Å². The molecule has 0 unspecified atom stereocenters. The molecule has 2 aromatic rings. The molecule has 2 aliphatic heterocycles. The first-order valence-corrected chi connectivity index (χ1v) is 11.4. The summed E-state index contributed by atoms with van der Waals surface area (Å²) in [6.45, 7) is 1.53. The van der Waals surface area contributed by atoms with Crippen LogP contribution in [0.5, 0.6) is 17.2 Å². The summed E-state index contributed by atoms with van der Waals surface area (Å²) in [6, 6.07) is 10.4. The Morgan fingerprint density at radius 3 is 2.66 bits per heavy atom. The van der Waals surface area contributed by atoms with Gasteiger partial charge in [-0.2, -0.15) is 0 Å². The van der Waals surface area contributed by atoms with E-state index in [4.69, 9.17) is 37.4 Å². The first kappa shape index (κ1) is 22.7.